The number of hydrogen-bond acceptors (Lipinski definition) is 3. The molecule has 2 N–H and O–H groups in total. The van der Waals surface area contributed by atoms with E-state index in [1.165, 1.54) is 12.8 Å². The largest absolute Gasteiger partial charge is 0.383 e. The molecule has 1 saturated carbocycles. The summed E-state index contributed by atoms with van der Waals surface area (Å²) in [7, 11) is 0. The fraction of sp³-hybridized carbons (Fsp3) is 0.333. The Balaban J connectivity index is 2.10. The number of anilines is 1. The van der Waals surface area contributed by atoms with Crippen molar-refractivity contribution in [1.29, 1.82) is 0 Å². The highest BCUT2D eigenvalue weighted by Gasteiger charge is 2.24. The molecule has 1 aromatic carbocycles. The minimum atomic E-state index is 0.467. The second-order valence-corrected chi connectivity index (χ2v) is 7.32. The first-order chi connectivity index (χ1) is 10.1. The van der Waals surface area contributed by atoms with Gasteiger partial charge in [0.1, 0.15) is 5.82 Å². The van der Waals surface area contributed by atoms with Crippen LogP contribution in [0.25, 0.3) is 11.4 Å². The normalized spacial score (nSPS) is 15.6. The summed E-state index contributed by atoms with van der Waals surface area (Å²) >= 11 is 13.1. The molecule has 3 rings (SSSR count). The Kier molecular flexibility index (Phi) is 4.52. The molecule has 1 aliphatic carbocycles. The van der Waals surface area contributed by atoms with Crippen LogP contribution in [0.5, 0.6) is 0 Å². The van der Waals surface area contributed by atoms with Gasteiger partial charge in [-0.3, -0.25) is 0 Å². The predicted molar refractivity (Wildman–Crippen MR) is 93.5 cm³/mol. The quantitative estimate of drug-likeness (QED) is 0.677. The van der Waals surface area contributed by atoms with Crippen LogP contribution in [0.1, 0.15) is 37.3 Å². The number of benzene rings is 1. The van der Waals surface area contributed by atoms with Crippen molar-refractivity contribution in [1.82, 2.24) is 9.97 Å². The van der Waals surface area contributed by atoms with Gasteiger partial charge in [0.05, 0.1) is 10.2 Å². The Morgan fingerprint density at radius 1 is 1.14 bits per heavy atom. The highest BCUT2D eigenvalue weighted by molar-refractivity contribution is 9.11. The van der Waals surface area contributed by atoms with Crippen LogP contribution in [0.4, 0.5) is 5.82 Å². The van der Waals surface area contributed by atoms with Gasteiger partial charge in [-0.25, -0.2) is 9.97 Å². The molecule has 3 nitrogen and oxygen atoms in total. The fourth-order valence-electron chi connectivity index (χ4n) is 2.74. The zero-order valence-corrected chi connectivity index (χ0v) is 15.2. The van der Waals surface area contributed by atoms with Gasteiger partial charge in [0, 0.05) is 21.0 Å². The zero-order chi connectivity index (χ0) is 15.0. The molecule has 0 bridgehead atoms. The minimum absolute atomic E-state index is 0.467. The van der Waals surface area contributed by atoms with Gasteiger partial charge in [-0.1, -0.05) is 24.4 Å². The van der Waals surface area contributed by atoms with Crippen molar-refractivity contribution in [3.63, 3.8) is 0 Å². The van der Waals surface area contributed by atoms with Crippen molar-refractivity contribution in [3.8, 4) is 11.4 Å². The van der Waals surface area contributed by atoms with Crippen molar-refractivity contribution in [2.24, 2.45) is 0 Å². The highest BCUT2D eigenvalue weighted by atomic mass is 79.9. The molecule has 0 aliphatic heterocycles. The van der Waals surface area contributed by atoms with Crippen molar-refractivity contribution in [3.05, 3.63) is 37.9 Å². The van der Waals surface area contributed by atoms with Crippen molar-refractivity contribution < 1.29 is 0 Å². The van der Waals surface area contributed by atoms with Gasteiger partial charge in [-0.2, -0.15) is 0 Å². The molecule has 1 aliphatic rings. The molecule has 2 aromatic rings. The van der Waals surface area contributed by atoms with E-state index in [1.54, 1.807) is 0 Å². The van der Waals surface area contributed by atoms with E-state index in [0.717, 1.165) is 33.0 Å². The van der Waals surface area contributed by atoms with Gasteiger partial charge in [-0.15, -0.1) is 0 Å². The Bertz CT molecular complexity index is 685. The molecule has 110 valence electrons. The molecule has 1 fully saturated rings. The number of nitrogens with two attached hydrogens (primary N) is 1. The van der Waals surface area contributed by atoms with E-state index in [0.29, 0.717) is 22.6 Å². The molecular weight excluding hydrogens is 417 g/mol. The van der Waals surface area contributed by atoms with Crippen LogP contribution in [-0.4, -0.2) is 9.97 Å². The van der Waals surface area contributed by atoms with Gasteiger partial charge in [-0.05, 0) is 62.9 Å². The maximum absolute atomic E-state index is 6.07. The van der Waals surface area contributed by atoms with Crippen LogP contribution in [0.15, 0.2) is 27.1 Å². The number of hydrogen-bond donors (Lipinski definition) is 1. The maximum Gasteiger partial charge on any atom is 0.162 e. The Morgan fingerprint density at radius 2 is 1.86 bits per heavy atom. The van der Waals surface area contributed by atoms with Gasteiger partial charge in [0.15, 0.2) is 5.82 Å². The SMILES string of the molecule is Nc1nc(-c2ccc(Cl)cc2Br)nc(C2CCCC2)c1Br. The van der Waals surface area contributed by atoms with Crippen LogP contribution in [0.3, 0.4) is 0 Å². The van der Waals surface area contributed by atoms with Crippen molar-refractivity contribution in [2.75, 3.05) is 5.73 Å². The lowest BCUT2D eigenvalue weighted by atomic mass is 10.0. The minimum Gasteiger partial charge on any atom is -0.383 e. The van der Waals surface area contributed by atoms with Gasteiger partial charge >= 0.3 is 0 Å². The number of nitrogen functional groups attached to an aromatic ring is 1. The summed E-state index contributed by atoms with van der Waals surface area (Å²) in [5, 5.41) is 0.673. The van der Waals surface area contributed by atoms with E-state index < -0.39 is 0 Å². The molecule has 0 spiro atoms. The lowest BCUT2D eigenvalue weighted by Gasteiger charge is -2.14. The smallest absolute Gasteiger partial charge is 0.162 e. The molecule has 1 heterocycles. The average molecular weight is 432 g/mol. The third kappa shape index (κ3) is 3.10. The molecule has 6 heteroatoms. The lowest BCUT2D eigenvalue weighted by molar-refractivity contribution is 0.691. The summed E-state index contributed by atoms with van der Waals surface area (Å²) < 4.78 is 1.71. The monoisotopic (exact) mass is 429 g/mol. The Labute approximate surface area is 145 Å². The summed E-state index contributed by atoms with van der Waals surface area (Å²) in [6.45, 7) is 0. The topological polar surface area (TPSA) is 51.8 Å². The first-order valence-corrected chi connectivity index (χ1v) is 8.81. The standard InChI is InChI=1S/C15H14Br2ClN3/c16-11-7-9(18)5-6-10(11)15-20-13(8-3-1-2-4-8)12(17)14(19)21-15/h5-8H,1-4H2,(H2,19,20,21). The summed E-state index contributed by atoms with van der Waals surface area (Å²) in [4.78, 5) is 9.18. The molecule has 1 aromatic heterocycles. The van der Waals surface area contributed by atoms with Gasteiger partial charge < -0.3 is 5.73 Å². The van der Waals surface area contributed by atoms with E-state index in [1.807, 2.05) is 18.2 Å². The molecular formula is C15H14Br2ClN3. The van der Waals surface area contributed by atoms with Crippen molar-refractivity contribution in [2.45, 2.75) is 31.6 Å². The number of nitrogens with zero attached hydrogens (tertiary/aromatic N) is 2. The first kappa shape index (κ1) is 15.3. The number of aromatic nitrogens is 2. The van der Waals surface area contributed by atoms with E-state index in [9.17, 15) is 0 Å². The van der Waals surface area contributed by atoms with E-state index in [-0.39, 0.29) is 0 Å². The molecule has 21 heavy (non-hydrogen) atoms. The summed E-state index contributed by atoms with van der Waals surface area (Å²) in [6.07, 6.45) is 4.83. The molecule has 0 amide bonds. The first-order valence-electron chi connectivity index (χ1n) is 6.84. The number of halogens is 3. The third-order valence-corrected chi connectivity index (χ3v) is 5.52. The summed E-state index contributed by atoms with van der Waals surface area (Å²) in [5.41, 5.74) is 7.99. The fourth-order valence-corrected chi connectivity index (χ4v) is 4.10. The highest BCUT2D eigenvalue weighted by Crippen LogP contribution is 2.39. The average Bonchev–Trinajstić information content (AvgIpc) is 2.96. The Hall–Kier alpha value is -0.650. The van der Waals surface area contributed by atoms with Crippen LogP contribution >= 0.6 is 43.5 Å². The van der Waals surface area contributed by atoms with Gasteiger partial charge in [0.25, 0.3) is 0 Å². The molecule has 0 radical (unpaired) electrons. The van der Waals surface area contributed by atoms with Crippen LogP contribution < -0.4 is 5.73 Å². The van der Waals surface area contributed by atoms with Crippen LogP contribution in [-0.2, 0) is 0 Å². The third-order valence-electron chi connectivity index (χ3n) is 3.82. The predicted octanol–water partition coefficient (Wildman–Crippen LogP) is 5.56. The summed E-state index contributed by atoms with van der Waals surface area (Å²) in [5.74, 6) is 1.60. The lowest BCUT2D eigenvalue weighted by Crippen LogP contribution is -2.06. The van der Waals surface area contributed by atoms with Crippen LogP contribution in [0.2, 0.25) is 5.02 Å². The van der Waals surface area contributed by atoms with Crippen LogP contribution in [0, 0.1) is 0 Å². The second-order valence-electron chi connectivity index (χ2n) is 5.24. The molecule has 0 atom stereocenters. The van der Waals surface area contributed by atoms with E-state index >= 15 is 0 Å². The summed E-state index contributed by atoms with van der Waals surface area (Å²) in [6, 6.07) is 5.58. The molecule has 0 unspecified atom stereocenters. The Morgan fingerprint density at radius 3 is 2.52 bits per heavy atom. The van der Waals surface area contributed by atoms with E-state index in [2.05, 4.69) is 36.8 Å². The van der Waals surface area contributed by atoms with Gasteiger partial charge in [0.2, 0.25) is 0 Å². The van der Waals surface area contributed by atoms with Crippen molar-refractivity contribution >= 4 is 49.3 Å². The number of rotatable bonds is 2. The molecule has 0 saturated heterocycles. The maximum atomic E-state index is 6.07. The van der Waals surface area contributed by atoms with E-state index in [4.69, 9.17) is 22.3 Å². The second kappa shape index (κ2) is 6.23. The zero-order valence-electron chi connectivity index (χ0n) is 11.2.